The molecule has 1 saturated carbocycles. The molecule has 2 fully saturated rings. The van der Waals surface area contributed by atoms with E-state index in [-0.39, 0.29) is 29.8 Å². The van der Waals surface area contributed by atoms with E-state index < -0.39 is 0 Å². The topological polar surface area (TPSA) is 67.0 Å². The first-order valence-electron chi connectivity index (χ1n) is 8.54. The van der Waals surface area contributed by atoms with Crippen LogP contribution in [0.15, 0.2) is 18.2 Å². The largest absolute Gasteiger partial charge is 0.488 e. The number of hydrogen-bond donors (Lipinski definition) is 2. The van der Waals surface area contributed by atoms with E-state index in [0.29, 0.717) is 28.7 Å². The molecule has 132 valence electrons. The monoisotopic (exact) mass is 363 g/mol. The van der Waals surface area contributed by atoms with Crippen LogP contribution in [0.5, 0.6) is 5.75 Å². The molecule has 1 aromatic carbocycles. The average molecular weight is 364 g/mol. The van der Waals surface area contributed by atoms with Gasteiger partial charge in [-0.05, 0) is 30.9 Å². The maximum atomic E-state index is 14.2. The minimum absolute atomic E-state index is 0.106. The fourth-order valence-electron chi connectivity index (χ4n) is 2.88. The molecule has 0 radical (unpaired) electrons. The van der Waals surface area contributed by atoms with Gasteiger partial charge in [0.25, 0.3) is 0 Å². The van der Waals surface area contributed by atoms with Gasteiger partial charge in [-0.2, -0.15) is 5.10 Å². The Balaban J connectivity index is 1.38. The molecule has 2 aromatic rings. The Hall–Kier alpha value is -1.92. The molecule has 0 bridgehead atoms. The Morgan fingerprint density at radius 2 is 2.16 bits per heavy atom. The van der Waals surface area contributed by atoms with E-state index in [9.17, 15) is 9.18 Å². The normalized spacial score (nSPS) is 17.4. The van der Waals surface area contributed by atoms with Crippen LogP contribution in [-0.2, 0) is 6.42 Å². The van der Waals surface area contributed by atoms with Crippen molar-refractivity contribution in [1.29, 1.82) is 0 Å². The number of nitrogens with zero attached hydrogens (tertiary/aromatic N) is 1. The Morgan fingerprint density at radius 3 is 2.80 bits per heavy atom. The summed E-state index contributed by atoms with van der Waals surface area (Å²) in [5, 5.41) is 10.4. The number of aromatic nitrogens is 2. The van der Waals surface area contributed by atoms with Gasteiger partial charge in [-0.3, -0.25) is 9.89 Å². The number of nitrogens with one attached hydrogen (secondary N) is 2. The van der Waals surface area contributed by atoms with Gasteiger partial charge in [0.2, 0.25) is 0 Å². The van der Waals surface area contributed by atoms with Crippen molar-refractivity contribution in [2.75, 3.05) is 13.1 Å². The lowest BCUT2D eigenvalue weighted by molar-refractivity contribution is 0.0978. The van der Waals surface area contributed by atoms with Gasteiger partial charge >= 0.3 is 0 Å². The van der Waals surface area contributed by atoms with Crippen LogP contribution in [0.2, 0.25) is 5.02 Å². The maximum Gasteiger partial charge on any atom is 0.184 e. The number of carbonyl (C=O) groups excluding carboxylic acids is 1. The van der Waals surface area contributed by atoms with Crippen LogP contribution in [0, 0.1) is 5.82 Å². The highest BCUT2D eigenvalue weighted by atomic mass is 35.5. The van der Waals surface area contributed by atoms with E-state index >= 15 is 0 Å². The number of aryl methyl sites for hydroxylation is 1. The van der Waals surface area contributed by atoms with Crippen molar-refractivity contribution in [3.63, 3.8) is 0 Å². The minimum atomic E-state index is -0.357. The van der Waals surface area contributed by atoms with Crippen molar-refractivity contribution >= 4 is 17.4 Å². The molecule has 1 saturated heterocycles. The molecular weight excluding hydrogens is 345 g/mol. The Labute approximate surface area is 149 Å². The molecule has 1 aromatic heterocycles. The van der Waals surface area contributed by atoms with Gasteiger partial charge in [-0.25, -0.2) is 4.39 Å². The second-order valence-electron chi connectivity index (χ2n) is 6.65. The molecule has 2 N–H and O–H groups in total. The van der Waals surface area contributed by atoms with Gasteiger partial charge in [-0.15, -0.1) is 0 Å². The fraction of sp³-hybridized carbons (Fsp3) is 0.444. The number of ketones is 1. The van der Waals surface area contributed by atoms with Crippen molar-refractivity contribution in [3.05, 3.63) is 46.0 Å². The summed E-state index contributed by atoms with van der Waals surface area (Å²) in [7, 11) is 0. The maximum absolute atomic E-state index is 14.2. The minimum Gasteiger partial charge on any atom is -0.488 e. The number of carbonyl (C=O) groups is 1. The van der Waals surface area contributed by atoms with E-state index in [1.54, 1.807) is 12.1 Å². The summed E-state index contributed by atoms with van der Waals surface area (Å²) in [5.41, 5.74) is 1.60. The second kappa shape index (κ2) is 6.77. The predicted molar refractivity (Wildman–Crippen MR) is 91.9 cm³/mol. The molecule has 7 heteroatoms. The third kappa shape index (κ3) is 3.55. The SMILES string of the molecule is O=C(CCc1ccc(OC2CNC2)cc1F)c1n[nH]c(C2CC2)c1Cl. The van der Waals surface area contributed by atoms with Crippen LogP contribution in [0.3, 0.4) is 0 Å². The molecule has 1 aliphatic heterocycles. The number of halogens is 2. The van der Waals surface area contributed by atoms with Crippen LogP contribution in [0.25, 0.3) is 0 Å². The summed E-state index contributed by atoms with van der Waals surface area (Å²) in [4.78, 5) is 12.3. The summed E-state index contributed by atoms with van der Waals surface area (Å²) in [5.74, 6) is 0.388. The van der Waals surface area contributed by atoms with Crippen molar-refractivity contribution < 1.29 is 13.9 Å². The number of hydrogen-bond acceptors (Lipinski definition) is 4. The standard InChI is InChI=1S/C18H19ClFN3O2/c19-16-17(11-1-2-11)22-23-18(16)15(24)6-4-10-3-5-12(7-14(10)20)25-13-8-21-9-13/h3,5,7,11,13,21H,1-2,4,6,8-9H2,(H,22,23). The highest BCUT2D eigenvalue weighted by molar-refractivity contribution is 6.34. The molecule has 4 rings (SSSR count). The van der Waals surface area contributed by atoms with Gasteiger partial charge in [0.1, 0.15) is 23.4 Å². The molecule has 2 heterocycles. The Morgan fingerprint density at radius 1 is 1.36 bits per heavy atom. The molecule has 25 heavy (non-hydrogen) atoms. The van der Waals surface area contributed by atoms with E-state index in [1.807, 2.05) is 0 Å². The van der Waals surface area contributed by atoms with Crippen LogP contribution < -0.4 is 10.1 Å². The van der Waals surface area contributed by atoms with E-state index in [1.165, 1.54) is 6.07 Å². The molecule has 0 atom stereocenters. The van der Waals surface area contributed by atoms with Crippen LogP contribution in [-0.4, -0.2) is 35.2 Å². The van der Waals surface area contributed by atoms with Gasteiger partial charge in [0, 0.05) is 31.5 Å². The average Bonchev–Trinajstić information content (AvgIpc) is 3.32. The van der Waals surface area contributed by atoms with Gasteiger partial charge in [-0.1, -0.05) is 17.7 Å². The molecule has 1 aliphatic carbocycles. The van der Waals surface area contributed by atoms with Crippen LogP contribution in [0.1, 0.15) is 46.9 Å². The molecule has 0 amide bonds. The van der Waals surface area contributed by atoms with Gasteiger partial charge in [0.15, 0.2) is 5.78 Å². The summed E-state index contributed by atoms with van der Waals surface area (Å²) in [6, 6.07) is 4.80. The smallest absolute Gasteiger partial charge is 0.184 e. The summed E-state index contributed by atoms with van der Waals surface area (Å²) in [6.45, 7) is 1.57. The number of benzene rings is 1. The van der Waals surface area contributed by atoms with Crippen molar-refractivity contribution in [1.82, 2.24) is 15.5 Å². The van der Waals surface area contributed by atoms with Crippen LogP contribution in [0.4, 0.5) is 4.39 Å². The lowest BCUT2D eigenvalue weighted by Gasteiger charge is -2.27. The number of Topliss-reactive ketones (excluding diaryl/α,β-unsaturated/α-hetero) is 1. The Bertz CT molecular complexity index is 800. The zero-order valence-electron chi connectivity index (χ0n) is 13.6. The molecule has 0 unspecified atom stereocenters. The third-order valence-electron chi connectivity index (χ3n) is 4.67. The lowest BCUT2D eigenvalue weighted by atomic mass is 10.0. The third-order valence-corrected chi connectivity index (χ3v) is 5.06. The lowest BCUT2D eigenvalue weighted by Crippen LogP contribution is -2.50. The first-order valence-corrected chi connectivity index (χ1v) is 8.92. The van der Waals surface area contributed by atoms with E-state index in [0.717, 1.165) is 31.6 Å². The molecule has 0 spiro atoms. The zero-order valence-corrected chi connectivity index (χ0v) is 14.4. The zero-order chi connectivity index (χ0) is 17.4. The molecular formula is C18H19ClFN3O2. The number of ether oxygens (including phenoxy) is 1. The summed E-state index contributed by atoms with van der Waals surface area (Å²) in [6.07, 6.45) is 2.73. The van der Waals surface area contributed by atoms with Gasteiger partial charge in [0.05, 0.1) is 10.7 Å². The fourth-order valence-corrected chi connectivity index (χ4v) is 3.22. The molecule has 2 aliphatic rings. The first kappa shape index (κ1) is 16.5. The van der Waals surface area contributed by atoms with E-state index in [2.05, 4.69) is 15.5 Å². The van der Waals surface area contributed by atoms with Crippen molar-refractivity contribution in [3.8, 4) is 5.75 Å². The highest BCUT2D eigenvalue weighted by Gasteiger charge is 2.30. The number of H-pyrrole nitrogens is 1. The van der Waals surface area contributed by atoms with Crippen molar-refractivity contribution in [2.24, 2.45) is 0 Å². The summed E-state index contributed by atoms with van der Waals surface area (Å²) < 4.78 is 19.8. The number of aromatic amines is 1. The quantitative estimate of drug-likeness (QED) is 0.741. The van der Waals surface area contributed by atoms with Crippen LogP contribution >= 0.6 is 11.6 Å². The molecule has 5 nitrogen and oxygen atoms in total. The second-order valence-corrected chi connectivity index (χ2v) is 7.03. The number of rotatable bonds is 7. The first-order chi connectivity index (χ1) is 12.1. The highest BCUT2D eigenvalue weighted by Crippen LogP contribution is 2.43. The summed E-state index contributed by atoms with van der Waals surface area (Å²) >= 11 is 6.25. The van der Waals surface area contributed by atoms with Crippen molar-refractivity contribution in [2.45, 2.75) is 37.7 Å². The van der Waals surface area contributed by atoms with Gasteiger partial charge < -0.3 is 10.1 Å². The predicted octanol–water partition coefficient (Wildman–Crippen LogP) is 3.25. The van der Waals surface area contributed by atoms with E-state index in [4.69, 9.17) is 16.3 Å². The Kier molecular flexibility index (Phi) is 4.48.